The van der Waals surface area contributed by atoms with E-state index in [-0.39, 0.29) is 17.3 Å². The average molecular weight is 518 g/mol. The Kier molecular flexibility index (Phi) is 8.50. The third kappa shape index (κ3) is 6.38. The summed E-state index contributed by atoms with van der Waals surface area (Å²) in [6.45, 7) is 1.95. The molecule has 0 saturated carbocycles. The number of carbonyl (C=O) groups excluding carboxylic acids is 1. The average Bonchev–Trinajstić information content (AvgIpc) is 2.87. The van der Waals surface area contributed by atoms with Crippen molar-refractivity contribution in [2.24, 2.45) is 0 Å². The number of rotatable bonds is 9. The molecule has 2 heterocycles. The second-order valence-corrected chi connectivity index (χ2v) is 8.62. The monoisotopic (exact) mass is 517 g/mol. The number of benzene rings is 2. The van der Waals surface area contributed by atoms with Crippen LogP contribution >= 0.6 is 11.6 Å². The van der Waals surface area contributed by atoms with Gasteiger partial charge < -0.3 is 25.0 Å². The number of carbonyl (C=O) groups is 1. The van der Waals surface area contributed by atoms with Gasteiger partial charge in [-0.2, -0.15) is 4.39 Å². The lowest BCUT2D eigenvalue weighted by Gasteiger charge is -2.24. The topological polar surface area (TPSA) is 88.6 Å². The normalized spacial score (nSPS) is 14.1. The zero-order valence-electron chi connectivity index (χ0n) is 19.7. The minimum absolute atomic E-state index is 0.0453. The molecular weight excluding hydrogens is 492 g/mol. The molecule has 11 heteroatoms. The summed E-state index contributed by atoms with van der Waals surface area (Å²) in [6.07, 6.45) is 5.62. The van der Waals surface area contributed by atoms with Crippen LogP contribution in [0.25, 0.3) is 10.9 Å². The van der Waals surface area contributed by atoms with Gasteiger partial charge in [-0.3, -0.25) is 4.79 Å². The van der Waals surface area contributed by atoms with E-state index in [4.69, 9.17) is 21.1 Å². The summed E-state index contributed by atoms with van der Waals surface area (Å²) in [7, 11) is 1.54. The third-order valence-corrected chi connectivity index (χ3v) is 5.91. The van der Waals surface area contributed by atoms with Gasteiger partial charge in [-0.15, -0.1) is 0 Å². The van der Waals surface area contributed by atoms with Crippen LogP contribution in [-0.4, -0.2) is 54.2 Å². The van der Waals surface area contributed by atoms with E-state index in [0.29, 0.717) is 47.9 Å². The highest BCUT2D eigenvalue weighted by Gasteiger charge is 2.18. The van der Waals surface area contributed by atoms with Crippen LogP contribution in [-0.2, 0) is 9.53 Å². The maximum atomic E-state index is 14.7. The minimum Gasteiger partial charge on any atom is -0.489 e. The Morgan fingerprint density at radius 2 is 1.97 bits per heavy atom. The van der Waals surface area contributed by atoms with E-state index in [1.165, 1.54) is 30.7 Å². The number of ether oxygens (including phenoxy) is 2. The van der Waals surface area contributed by atoms with Crippen molar-refractivity contribution >= 4 is 45.6 Å². The van der Waals surface area contributed by atoms with Gasteiger partial charge in [0.15, 0.2) is 0 Å². The van der Waals surface area contributed by atoms with Crippen molar-refractivity contribution in [3.8, 4) is 5.75 Å². The second kappa shape index (κ2) is 12.0. The summed E-state index contributed by atoms with van der Waals surface area (Å²) in [5.74, 6) is -1.66. The van der Waals surface area contributed by atoms with Crippen molar-refractivity contribution in [1.29, 1.82) is 0 Å². The minimum atomic E-state index is -0.900. The third-order valence-electron chi connectivity index (χ3n) is 5.62. The Bertz CT molecular complexity index is 1270. The van der Waals surface area contributed by atoms with Crippen LogP contribution in [0.5, 0.6) is 5.75 Å². The van der Waals surface area contributed by atoms with Crippen molar-refractivity contribution in [2.45, 2.75) is 19.3 Å². The number of fused-ring (bicyclic) bond motifs is 1. The first kappa shape index (κ1) is 25.6. The van der Waals surface area contributed by atoms with Gasteiger partial charge in [0.1, 0.15) is 30.3 Å². The number of anilines is 3. The number of hydrogen-bond acceptors (Lipinski definition) is 7. The van der Waals surface area contributed by atoms with Crippen LogP contribution in [0.1, 0.15) is 19.3 Å². The summed E-state index contributed by atoms with van der Waals surface area (Å²) in [5.41, 5.74) is 1.25. The molecule has 0 spiro atoms. The van der Waals surface area contributed by atoms with Crippen LogP contribution in [0, 0.1) is 5.82 Å². The summed E-state index contributed by atoms with van der Waals surface area (Å²) >= 11 is 5.90. The summed E-state index contributed by atoms with van der Waals surface area (Å²) in [4.78, 5) is 23.0. The Hall–Kier alpha value is -3.50. The first-order valence-electron chi connectivity index (χ1n) is 11.5. The van der Waals surface area contributed by atoms with Gasteiger partial charge in [0, 0.05) is 43.5 Å². The quantitative estimate of drug-likeness (QED) is 0.289. The number of piperidine rings is 1. The molecule has 1 fully saturated rings. The SMILES string of the molecule is COCCOc1cc2ncnc(Nc3ccc(F)c(Cl)c3)c2cc1NC(=O)/C(F)=C\N1CCCCC1. The van der Waals surface area contributed by atoms with Gasteiger partial charge in [-0.25, -0.2) is 14.4 Å². The Morgan fingerprint density at radius 3 is 2.72 bits per heavy atom. The maximum Gasteiger partial charge on any atom is 0.286 e. The number of methoxy groups -OCH3 is 1. The number of hydrogen-bond donors (Lipinski definition) is 2. The van der Waals surface area contributed by atoms with Gasteiger partial charge in [0.05, 0.1) is 22.8 Å². The Morgan fingerprint density at radius 1 is 1.17 bits per heavy atom. The predicted molar refractivity (Wildman–Crippen MR) is 135 cm³/mol. The zero-order chi connectivity index (χ0) is 25.5. The van der Waals surface area contributed by atoms with E-state index in [1.54, 1.807) is 24.1 Å². The molecule has 2 aromatic carbocycles. The highest BCUT2D eigenvalue weighted by molar-refractivity contribution is 6.31. The van der Waals surface area contributed by atoms with E-state index in [9.17, 15) is 13.6 Å². The molecule has 1 aromatic heterocycles. The molecule has 0 unspecified atom stereocenters. The van der Waals surface area contributed by atoms with Crippen molar-refractivity contribution in [1.82, 2.24) is 14.9 Å². The van der Waals surface area contributed by atoms with Crippen LogP contribution in [0.4, 0.5) is 26.0 Å². The van der Waals surface area contributed by atoms with E-state index >= 15 is 0 Å². The van der Waals surface area contributed by atoms with Crippen molar-refractivity contribution in [2.75, 3.05) is 44.0 Å². The Balaban J connectivity index is 1.65. The van der Waals surface area contributed by atoms with Crippen molar-refractivity contribution < 1.29 is 23.0 Å². The molecule has 1 aliphatic heterocycles. The molecule has 36 heavy (non-hydrogen) atoms. The van der Waals surface area contributed by atoms with Crippen LogP contribution in [0.3, 0.4) is 0 Å². The summed E-state index contributed by atoms with van der Waals surface area (Å²) < 4.78 is 39.1. The molecular formula is C25H26ClF2N5O3. The molecule has 0 atom stereocenters. The largest absolute Gasteiger partial charge is 0.489 e. The zero-order valence-corrected chi connectivity index (χ0v) is 20.4. The summed E-state index contributed by atoms with van der Waals surface area (Å²) in [6, 6.07) is 7.39. The number of aromatic nitrogens is 2. The number of nitrogens with zero attached hydrogens (tertiary/aromatic N) is 3. The smallest absolute Gasteiger partial charge is 0.286 e. The molecule has 2 N–H and O–H groups in total. The fourth-order valence-corrected chi connectivity index (χ4v) is 3.98. The lowest BCUT2D eigenvalue weighted by Crippen LogP contribution is -2.26. The van der Waals surface area contributed by atoms with Crippen LogP contribution < -0.4 is 15.4 Å². The number of nitrogens with one attached hydrogen (secondary N) is 2. The lowest BCUT2D eigenvalue weighted by atomic mass is 10.1. The van der Waals surface area contributed by atoms with Gasteiger partial charge >= 0.3 is 0 Å². The predicted octanol–water partition coefficient (Wildman–Crippen LogP) is 5.43. The molecule has 190 valence electrons. The summed E-state index contributed by atoms with van der Waals surface area (Å²) in [5, 5.41) is 6.15. The molecule has 0 aliphatic carbocycles. The fraction of sp³-hybridized carbons (Fsp3) is 0.320. The van der Waals surface area contributed by atoms with Crippen molar-refractivity contribution in [3.63, 3.8) is 0 Å². The highest BCUT2D eigenvalue weighted by atomic mass is 35.5. The molecule has 4 rings (SSSR count). The van der Waals surface area contributed by atoms with Crippen molar-refractivity contribution in [3.05, 3.63) is 59.5 Å². The van der Waals surface area contributed by atoms with Gasteiger partial charge in [-0.05, 0) is 43.5 Å². The van der Waals surface area contributed by atoms with E-state index in [1.807, 2.05) is 0 Å². The standard InChI is InChI=1S/C25H26ClF2N5O3/c1-35-9-10-36-23-13-21-17(24(30-15-29-21)31-16-5-6-19(27)18(26)11-16)12-22(23)32-25(34)20(28)14-33-7-3-2-4-8-33/h5-6,11-15H,2-4,7-10H2,1H3,(H,32,34)(H,29,30,31)/b20-14+. The van der Waals surface area contributed by atoms with E-state index in [2.05, 4.69) is 20.6 Å². The first-order chi connectivity index (χ1) is 17.4. The lowest BCUT2D eigenvalue weighted by molar-refractivity contribution is -0.114. The molecule has 0 radical (unpaired) electrons. The fourth-order valence-electron chi connectivity index (χ4n) is 3.79. The number of halogens is 3. The van der Waals surface area contributed by atoms with E-state index < -0.39 is 17.6 Å². The maximum absolute atomic E-state index is 14.7. The van der Waals surface area contributed by atoms with Crippen LogP contribution in [0.2, 0.25) is 5.02 Å². The molecule has 1 saturated heterocycles. The molecule has 0 bridgehead atoms. The first-order valence-corrected chi connectivity index (χ1v) is 11.9. The molecule has 8 nitrogen and oxygen atoms in total. The highest BCUT2D eigenvalue weighted by Crippen LogP contribution is 2.34. The Labute approximate surface area is 212 Å². The van der Waals surface area contributed by atoms with E-state index in [0.717, 1.165) is 19.3 Å². The molecule has 3 aromatic rings. The number of likely N-dealkylation sites (tertiary alicyclic amines) is 1. The number of amides is 1. The second-order valence-electron chi connectivity index (χ2n) is 8.21. The van der Waals surface area contributed by atoms with Gasteiger partial charge in [-0.1, -0.05) is 11.6 Å². The van der Waals surface area contributed by atoms with Gasteiger partial charge in [0.25, 0.3) is 5.91 Å². The molecule has 1 amide bonds. The molecule has 1 aliphatic rings. The van der Waals surface area contributed by atoms with Crippen LogP contribution in [0.15, 0.2) is 48.7 Å². The van der Waals surface area contributed by atoms with Gasteiger partial charge in [0.2, 0.25) is 5.83 Å².